The van der Waals surface area contributed by atoms with E-state index in [0.717, 1.165) is 11.6 Å². The molecule has 5 nitrogen and oxygen atoms in total. The second-order valence-electron chi connectivity index (χ2n) is 3.78. The van der Waals surface area contributed by atoms with Gasteiger partial charge in [0.15, 0.2) is 0 Å². The van der Waals surface area contributed by atoms with Crippen LogP contribution in [0.3, 0.4) is 0 Å². The Morgan fingerprint density at radius 1 is 1.40 bits per heavy atom. The maximum Gasteiger partial charge on any atom is 0.207 e. The summed E-state index contributed by atoms with van der Waals surface area (Å²) < 4.78 is 3.83. The molecule has 0 saturated carbocycles. The van der Waals surface area contributed by atoms with Crippen LogP contribution in [0, 0.1) is 0 Å². The average molecular weight is 205 g/mol. The molecule has 0 aromatic carbocycles. The maximum atomic E-state index is 4.26. The van der Waals surface area contributed by atoms with Crippen LogP contribution in [0.1, 0.15) is 19.9 Å². The molecular formula is C10H15N5. The Morgan fingerprint density at radius 3 is 2.80 bits per heavy atom. The van der Waals surface area contributed by atoms with Crippen molar-refractivity contribution < 1.29 is 0 Å². The lowest BCUT2D eigenvalue weighted by atomic mass is 10.4. The van der Waals surface area contributed by atoms with E-state index in [1.807, 2.05) is 19.4 Å². The number of imidazole rings is 1. The van der Waals surface area contributed by atoms with Gasteiger partial charge in [-0.05, 0) is 13.8 Å². The van der Waals surface area contributed by atoms with Crippen LogP contribution in [0.25, 0.3) is 0 Å². The van der Waals surface area contributed by atoms with Crippen LogP contribution in [-0.2, 0) is 7.05 Å². The molecule has 0 aliphatic rings. The Hall–Kier alpha value is -1.78. The van der Waals surface area contributed by atoms with E-state index in [2.05, 4.69) is 33.8 Å². The zero-order chi connectivity index (χ0) is 10.8. The van der Waals surface area contributed by atoms with Crippen molar-refractivity contribution in [3.63, 3.8) is 0 Å². The molecule has 0 spiro atoms. The Labute approximate surface area is 88.7 Å². The predicted octanol–water partition coefficient (Wildman–Crippen LogP) is 1.94. The van der Waals surface area contributed by atoms with Gasteiger partial charge in [-0.2, -0.15) is 5.10 Å². The van der Waals surface area contributed by atoms with E-state index in [0.29, 0.717) is 6.04 Å². The fraction of sp³-hybridized carbons (Fsp3) is 0.400. The summed E-state index contributed by atoms with van der Waals surface area (Å²) in [5.41, 5.74) is 0.950. The molecule has 80 valence electrons. The van der Waals surface area contributed by atoms with Gasteiger partial charge in [-0.15, -0.1) is 0 Å². The van der Waals surface area contributed by atoms with Crippen molar-refractivity contribution in [1.82, 2.24) is 19.3 Å². The molecule has 0 bridgehead atoms. The molecule has 0 aliphatic heterocycles. The first-order valence-electron chi connectivity index (χ1n) is 4.95. The molecule has 0 atom stereocenters. The molecule has 0 aliphatic carbocycles. The quantitative estimate of drug-likeness (QED) is 0.833. The monoisotopic (exact) mass is 205 g/mol. The van der Waals surface area contributed by atoms with E-state index in [9.17, 15) is 0 Å². The summed E-state index contributed by atoms with van der Waals surface area (Å²) in [5.74, 6) is 0.845. The second kappa shape index (κ2) is 3.76. The van der Waals surface area contributed by atoms with Gasteiger partial charge in [-0.1, -0.05) is 0 Å². The van der Waals surface area contributed by atoms with Gasteiger partial charge in [0.05, 0.1) is 11.9 Å². The minimum absolute atomic E-state index is 0.395. The summed E-state index contributed by atoms with van der Waals surface area (Å²) >= 11 is 0. The molecule has 1 N–H and O–H groups in total. The molecule has 2 rings (SSSR count). The van der Waals surface area contributed by atoms with E-state index in [4.69, 9.17) is 0 Å². The van der Waals surface area contributed by atoms with Gasteiger partial charge in [0.1, 0.15) is 0 Å². The summed E-state index contributed by atoms with van der Waals surface area (Å²) in [6, 6.07) is 0.395. The third-order valence-electron chi connectivity index (χ3n) is 2.19. The Kier molecular flexibility index (Phi) is 2.45. The van der Waals surface area contributed by atoms with Crippen LogP contribution in [0.15, 0.2) is 24.8 Å². The standard InChI is InChI=1S/C10H15N5/c1-8(2)15-5-4-11-10(15)13-9-6-12-14(3)7-9/h4-8H,1-3H3,(H,11,13). The fourth-order valence-corrected chi connectivity index (χ4v) is 1.44. The number of anilines is 2. The van der Waals surface area contributed by atoms with E-state index >= 15 is 0 Å². The first-order chi connectivity index (χ1) is 7.16. The number of hydrogen-bond donors (Lipinski definition) is 1. The maximum absolute atomic E-state index is 4.26. The van der Waals surface area contributed by atoms with E-state index < -0.39 is 0 Å². The fourth-order valence-electron chi connectivity index (χ4n) is 1.44. The van der Waals surface area contributed by atoms with Gasteiger partial charge in [0.25, 0.3) is 0 Å². The Bertz CT molecular complexity index is 440. The van der Waals surface area contributed by atoms with Crippen molar-refractivity contribution in [2.45, 2.75) is 19.9 Å². The van der Waals surface area contributed by atoms with Crippen LogP contribution < -0.4 is 5.32 Å². The zero-order valence-corrected chi connectivity index (χ0v) is 9.18. The minimum atomic E-state index is 0.395. The highest BCUT2D eigenvalue weighted by atomic mass is 15.3. The molecule has 0 amide bonds. The van der Waals surface area contributed by atoms with Gasteiger partial charge in [-0.3, -0.25) is 4.68 Å². The molecule has 0 fully saturated rings. The number of rotatable bonds is 3. The van der Waals surface area contributed by atoms with Crippen molar-refractivity contribution >= 4 is 11.6 Å². The smallest absolute Gasteiger partial charge is 0.207 e. The molecular weight excluding hydrogens is 190 g/mol. The number of nitrogens with zero attached hydrogens (tertiary/aromatic N) is 4. The number of aryl methyl sites for hydroxylation is 1. The van der Waals surface area contributed by atoms with Gasteiger partial charge in [0, 0.05) is 31.7 Å². The molecule has 5 heteroatoms. The molecule has 15 heavy (non-hydrogen) atoms. The molecule has 0 saturated heterocycles. The topological polar surface area (TPSA) is 47.7 Å². The number of nitrogens with one attached hydrogen (secondary N) is 1. The highest BCUT2D eigenvalue weighted by molar-refractivity contribution is 5.50. The first-order valence-corrected chi connectivity index (χ1v) is 4.95. The van der Waals surface area contributed by atoms with Crippen molar-refractivity contribution in [2.75, 3.05) is 5.32 Å². The van der Waals surface area contributed by atoms with E-state index in [1.165, 1.54) is 0 Å². The van der Waals surface area contributed by atoms with Gasteiger partial charge < -0.3 is 9.88 Å². The van der Waals surface area contributed by atoms with Crippen molar-refractivity contribution in [3.8, 4) is 0 Å². The third-order valence-corrected chi connectivity index (χ3v) is 2.19. The molecule has 2 aromatic rings. The summed E-state index contributed by atoms with van der Waals surface area (Å²) in [7, 11) is 1.89. The van der Waals surface area contributed by atoms with Crippen LogP contribution >= 0.6 is 0 Å². The largest absolute Gasteiger partial charge is 0.323 e. The van der Waals surface area contributed by atoms with E-state index in [1.54, 1.807) is 17.1 Å². The van der Waals surface area contributed by atoms with Gasteiger partial charge >= 0.3 is 0 Å². The highest BCUT2D eigenvalue weighted by Gasteiger charge is 2.06. The lowest BCUT2D eigenvalue weighted by molar-refractivity contribution is 0.608. The normalized spacial score (nSPS) is 10.9. The summed E-state index contributed by atoms with van der Waals surface area (Å²) in [4.78, 5) is 4.26. The van der Waals surface area contributed by atoms with Crippen LogP contribution in [-0.4, -0.2) is 19.3 Å². The Morgan fingerprint density at radius 2 is 2.20 bits per heavy atom. The lowest BCUT2D eigenvalue weighted by Gasteiger charge is -2.11. The summed E-state index contributed by atoms with van der Waals surface area (Å²) in [5, 5.41) is 7.31. The summed E-state index contributed by atoms with van der Waals surface area (Å²) in [6.45, 7) is 4.24. The van der Waals surface area contributed by atoms with Gasteiger partial charge in [0.2, 0.25) is 5.95 Å². The van der Waals surface area contributed by atoms with Crippen molar-refractivity contribution in [2.24, 2.45) is 7.05 Å². The molecule has 0 radical (unpaired) electrons. The van der Waals surface area contributed by atoms with E-state index in [-0.39, 0.29) is 0 Å². The molecule has 2 aromatic heterocycles. The van der Waals surface area contributed by atoms with Gasteiger partial charge in [-0.25, -0.2) is 4.98 Å². The second-order valence-corrected chi connectivity index (χ2v) is 3.78. The molecule has 2 heterocycles. The van der Waals surface area contributed by atoms with Crippen molar-refractivity contribution in [1.29, 1.82) is 0 Å². The predicted molar refractivity (Wildman–Crippen MR) is 59.1 cm³/mol. The zero-order valence-electron chi connectivity index (χ0n) is 9.18. The third kappa shape index (κ3) is 2.01. The van der Waals surface area contributed by atoms with Crippen LogP contribution in [0.5, 0.6) is 0 Å². The summed E-state index contributed by atoms with van der Waals surface area (Å²) in [6.07, 6.45) is 7.45. The molecule has 0 unspecified atom stereocenters. The Balaban J connectivity index is 2.20. The van der Waals surface area contributed by atoms with Crippen LogP contribution in [0.4, 0.5) is 11.6 Å². The minimum Gasteiger partial charge on any atom is -0.323 e. The first kappa shape index (κ1) is 9.76. The van der Waals surface area contributed by atoms with Crippen LogP contribution in [0.2, 0.25) is 0 Å². The number of hydrogen-bond acceptors (Lipinski definition) is 3. The highest BCUT2D eigenvalue weighted by Crippen LogP contribution is 2.17. The lowest BCUT2D eigenvalue weighted by Crippen LogP contribution is -2.04. The number of aromatic nitrogens is 4. The van der Waals surface area contributed by atoms with Crippen molar-refractivity contribution in [3.05, 3.63) is 24.8 Å². The SMILES string of the molecule is CC(C)n1ccnc1Nc1cnn(C)c1. The average Bonchev–Trinajstić information content (AvgIpc) is 2.75.